The Labute approximate surface area is 170 Å². The van der Waals surface area contributed by atoms with E-state index in [2.05, 4.69) is 9.98 Å². The van der Waals surface area contributed by atoms with Crippen LogP contribution >= 0.6 is 11.3 Å². The number of nitrogens with zero attached hydrogens (tertiary/aromatic N) is 4. The first-order chi connectivity index (χ1) is 14.1. The average Bonchev–Trinajstić information content (AvgIpc) is 3.08. The fraction of sp³-hybridized carbons (Fsp3) is 0.250. The highest BCUT2D eigenvalue weighted by molar-refractivity contribution is 7.07. The molecule has 3 heterocycles. The Morgan fingerprint density at radius 2 is 1.90 bits per heavy atom. The Kier molecular flexibility index (Phi) is 5.22. The molecule has 0 bridgehead atoms. The van der Waals surface area contributed by atoms with Crippen molar-refractivity contribution < 1.29 is 14.2 Å². The van der Waals surface area contributed by atoms with E-state index in [1.54, 1.807) is 38.3 Å². The van der Waals surface area contributed by atoms with Crippen molar-refractivity contribution in [3.05, 3.63) is 61.9 Å². The lowest BCUT2D eigenvalue weighted by Crippen LogP contribution is -2.42. The second kappa shape index (κ2) is 7.96. The molecule has 0 saturated heterocycles. The van der Waals surface area contributed by atoms with Gasteiger partial charge in [-0.2, -0.15) is 0 Å². The molecule has 150 valence electrons. The van der Waals surface area contributed by atoms with Crippen LogP contribution in [0.15, 0.2) is 46.4 Å². The van der Waals surface area contributed by atoms with Crippen LogP contribution in [0, 0.1) is 0 Å². The van der Waals surface area contributed by atoms with E-state index in [1.807, 2.05) is 35.2 Å². The van der Waals surface area contributed by atoms with Gasteiger partial charge in [0.1, 0.15) is 13.3 Å². The molecule has 2 aromatic heterocycles. The summed E-state index contributed by atoms with van der Waals surface area (Å²) in [6, 6.07) is 7.45. The summed E-state index contributed by atoms with van der Waals surface area (Å²) in [5.74, 6) is 1.63. The summed E-state index contributed by atoms with van der Waals surface area (Å²) in [6.45, 7) is 0.804. The number of fused-ring (bicyclic) bond motifs is 1. The predicted octanol–water partition coefficient (Wildman–Crippen LogP) is 1.21. The minimum atomic E-state index is -0.0743. The number of thiazole rings is 1. The van der Waals surface area contributed by atoms with Gasteiger partial charge in [0.2, 0.25) is 5.75 Å². The number of hydrogen-bond acceptors (Lipinski definition) is 8. The minimum Gasteiger partial charge on any atom is -0.493 e. The molecule has 8 nitrogen and oxygen atoms in total. The summed E-state index contributed by atoms with van der Waals surface area (Å²) in [4.78, 5) is 24.3. The van der Waals surface area contributed by atoms with E-state index in [0.717, 1.165) is 11.3 Å². The molecule has 3 aromatic rings. The fourth-order valence-corrected chi connectivity index (χ4v) is 4.10. The molecule has 29 heavy (non-hydrogen) atoms. The Morgan fingerprint density at radius 1 is 1.14 bits per heavy atom. The van der Waals surface area contributed by atoms with Crippen molar-refractivity contribution in [3.63, 3.8) is 0 Å². The Balaban J connectivity index is 1.72. The van der Waals surface area contributed by atoms with E-state index in [1.165, 1.54) is 11.3 Å². The van der Waals surface area contributed by atoms with Crippen LogP contribution in [0.5, 0.6) is 17.2 Å². The van der Waals surface area contributed by atoms with Crippen LogP contribution in [0.1, 0.15) is 5.56 Å². The van der Waals surface area contributed by atoms with Crippen LogP contribution in [-0.4, -0.2) is 37.5 Å². The van der Waals surface area contributed by atoms with Gasteiger partial charge in [-0.25, -0.2) is 4.99 Å². The summed E-state index contributed by atoms with van der Waals surface area (Å²) in [6.07, 6.45) is 5.26. The molecule has 9 heteroatoms. The van der Waals surface area contributed by atoms with Gasteiger partial charge in [0.15, 0.2) is 16.3 Å². The minimum absolute atomic E-state index is 0.0743. The maximum Gasteiger partial charge on any atom is 0.271 e. The zero-order valence-corrected chi connectivity index (χ0v) is 17.1. The van der Waals surface area contributed by atoms with Gasteiger partial charge in [0.25, 0.3) is 5.56 Å². The standard InChI is InChI=1S/C20H20N4O4S/c1-26-15-8-14(9-16(27-2)18(15)28-3)23-11-22-20-24(12-23)19(25)17(29-20)7-13-5-4-6-21-10-13/h4-10H,11-12H2,1-3H3. The zero-order chi connectivity index (χ0) is 20.4. The second-order valence-corrected chi connectivity index (χ2v) is 7.29. The molecule has 4 rings (SSSR count). The number of benzene rings is 1. The number of hydrogen-bond donors (Lipinski definition) is 0. The summed E-state index contributed by atoms with van der Waals surface area (Å²) in [5.41, 5.74) is 1.63. The maximum absolute atomic E-state index is 12.9. The molecule has 0 fully saturated rings. The topological polar surface area (TPSA) is 78.2 Å². The number of rotatable bonds is 5. The van der Waals surface area contributed by atoms with Gasteiger partial charge >= 0.3 is 0 Å². The molecule has 0 radical (unpaired) electrons. The largest absolute Gasteiger partial charge is 0.493 e. The number of ether oxygens (including phenoxy) is 3. The van der Waals surface area contributed by atoms with Crippen molar-refractivity contribution in [3.8, 4) is 17.2 Å². The van der Waals surface area contributed by atoms with Crippen LogP contribution in [0.2, 0.25) is 0 Å². The van der Waals surface area contributed by atoms with Gasteiger partial charge in [-0.3, -0.25) is 14.3 Å². The molecule has 0 spiro atoms. The third-order valence-corrected chi connectivity index (χ3v) is 5.62. The fourth-order valence-electron chi connectivity index (χ4n) is 3.14. The molecule has 0 unspecified atom stereocenters. The number of anilines is 1. The third-order valence-electron chi connectivity index (χ3n) is 4.57. The third kappa shape index (κ3) is 3.56. The van der Waals surface area contributed by atoms with E-state index in [-0.39, 0.29) is 5.56 Å². The predicted molar refractivity (Wildman–Crippen MR) is 111 cm³/mol. The van der Waals surface area contributed by atoms with Crippen LogP contribution in [0.25, 0.3) is 6.08 Å². The highest BCUT2D eigenvalue weighted by atomic mass is 32.1. The van der Waals surface area contributed by atoms with Crippen LogP contribution < -0.4 is 34.0 Å². The molecular weight excluding hydrogens is 392 g/mol. The second-order valence-electron chi connectivity index (χ2n) is 6.28. The summed E-state index contributed by atoms with van der Waals surface area (Å²) in [5, 5.41) is 0. The van der Waals surface area contributed by atoms with Gasteiger partial charge < -0.3 is 19.1 Å². The highest BCUT2D eigenvalue weighted by Crippen LogP contribution is 2.41. The van der Waals surface area contributed by atoms with Gasteiger partial charge in [-0.15, -0.1) is 0 Å². The van der Waals surface area contributed by atoms with E-state index in [4.69, 9.17) is 14.2 Å². The van der Waals surface area contributed by atoms with E-state index >= 15 is 0 Å². The number of methoxy groups -OCH3 is 3. The smallest absolute Gasteiger partial charge is 0.271 e. The normalized spacial score (nSPS) is 13.6. The molecule has 0 N–H and O–H groups in total. The SMILES string of the molecule is COc1cc(N2CN=c3sc(=Cc4cccnc4)c(=O)n3C2)cc(OC)c1OC. The first kappa shape index (κ1) is 19.0. The summed E-state index contributed by atoms with van der Waals surface area (Å²) in [7, 11) is 4.71. The average molecular weight is 412 g/mol. The van der Waals surface area contributed by atoms with Crippen LogP contribution in [0.4, 0.5) is 5.69 Å². The molecule has 0 saturated carbocycles. The Morgan fingerprint density at radius 3 is 2.52 bits per heavy atom. The van der Waals surface area contributed by atoms with Crippen molar-refractivity contribution >= 4 is 23.1 Å². The first-order valence-corrected chi connectivity index (χ1v) is 9.67. The van der Waals surface area contributed by atoms with Gasteiger partial charge in [0.05, 0.1) is 25.9 Å². The van der Waals surface area contributed by atoms with E-state index in [9.17, 15) is 4.79 Å². The first-order valence-electron chi connectivity index (χ1n) is 8.85. The van der Waals surface area contributed by atoms with E-state index < -0.39 is 0 Å². The maximum atomic E-state index is 12.9. The monoisotopic (exact) mass is 412 g/mol. The zero-order valence-electron chi connectivity index (χ0n) is 16.3. The molecule has 0 amide bonds. The Hall–Kier alpha value is -3.33. The van der Waals surface area contributed by atoms with Gasteiger partial charge in [0, 0.05) is 30.2 Å². The lowest BCUT2D eigenvalue weighted by molar-refractivity contribution is 0.324. The van der Waals surface area contributed by atoms with Crippen molar-refractivity contribution in [1.82, 2.24) is 9.55 Å². The molecule has 0 atom stereocenters. The molecule has 1 aliphatic heterocycles. The lowest BCUT2D eigenvalue weighted by atomic mass is 10.2. The van der Waals surface area contributed by atoms with Crippen molar-refractivity contribution in [2.45, 2.75) is 6.67 Å². The van der Waals surface area contributed by atoms with Crippen molar-refractivity contribution in [2.24, 2.45) is 4.99 Å². The highest BCUT2D eigenvalue weighted by Gasteiger charge is 2.20. The lowest BCUT2D eigenvalue weighted by Gasteiger charge is -2.27. The van der Waals surface area contributed by atoms with Gasteiger partial charge in [-0.05, 0) is 17.7 Å². The molecular formula is C20H20N4O4S. The molecule has 0 aliphatic carbocycles. The van der Waals surface area contributed by atoms with Crippen molar-refractivity contribution in [2.75, 3.05) is 32.9 Å². The van der Waals surface area contributed by atoms with Crippen molar-refractivity contribution in [1.29, 1.82) is 0 Å². The molecule has 1 aliphatic rings. The molecule has 1 aromatic carbocycles. The quantitative estimate of drug-likeness (QED) is 0.627. The summed E-state index contributed by atoms with van der Waals surface area (Å²) >= 11 is 1.38. The van der Waals surface area contributed by atoms with E-state index in [0.29, 0.717) is 39.9 Å². The van der Waals surface area contributed by atoms with Crippen LogP contribution in [0.3, 0.4) is 0 Å². The number of aromatic nitrogens is 2. The Bertz CT molecular complexity index is 1180. The van der Waals surface area contributed by atoms with Gasteiger partial charge in [-0.1, -0.05) is 17.4 Å². The van der Waals surface area contributed by atoms with Crippen LogP contribution in [-0.2, 0) is 6.67 Å². The summed E-state index contributed by atoms with van der Waals surface area (Å²) < 4.78 is 18.5. The number of pyridine rings is 1.